The lowest BCUT2D eigenvalue weighted by Crippen LogP contribution is -2.51. The number of unbranched alkanes of at least 4 members (excludes halogenated alkanes) is 1. The maximum atomic E-state index is 13.1. The topological polar surface area (TPSA) is 47.9 Å². The van der Waals surface area contributed by atoms with Crippen LogP contribution in [0.2, 0.25) is 0 Å². The molecule has 1 aliphatic heterocycles. The fourth-order valence-electron chi connectivity index (χ4n) is 3.16. The zero-order chi connectivity index (χ0) is 19.9. The largest absolute Gasteiger partial charge is 0.416 e. The molecule has 0 radical (unpaired) electrons. The molecule has 2 rings (SSSR count). The highest BCUT2D eigenvalue weighted by molar-refractivity contribution is 5.29. The first-order valence-corrected chi connectivity index (χ1v) is 9.58. The standard InChI is InChI=1S/C20H29F3O4/c1-3-5-11-16(24)19-17(13-26-18(27-19)8-4-2)25-12-14-9-6-7-10-15(14)20(21,22)23/h6-7,9-10,16-19,24H,3-5,8,11-13H2,1-2H3/t16?,17-,18+,19-/m1/s1. The normalized spacial score (nSPS) is 24.7. The third-order valence-corrected chi connectivity index (χ3v) is 4.65. The summed E-state index contributed by atoms with van der Waals surface area (Å²) in [6.45, 7) is 4.00. The van der Waals surface area contributed by atoms with Gasteiger partial charge in [0.2, 0.25) is 0 Å². The van der Waals surface area contributed by atoms with Crippen LogP contribution in [-0.2, 0) is 27.0 Å². The molecule has 0 spiro atoms. The number of hydrogen-bond acceptors (Lipinski definition) is 4. The molecule has 0 aromatic heterocycles. The zero-order valence-electron chi connectivity index (χ0n) is 15.9. The Morgan fingerprint density at radius 1 is 1.22 bits per heavy atom. The molecule has 0 amide bonds. The summed E-state index contributed by atoms with van der Waals surface area (Å²) in [5.74, 6) is 0. The molecule has 4 nitrogen and oxygen atoms in total. The molecule has 1 aromatic rings. The van der Waals surface area contributed by atoms with Crippen LogP contribution >= 0.6 is 0 Å². The predicted octanol–water partition coefficient (Wildman–Crippen LogP) is 4.68. The van der Waals surface area contributed by atoms with Crippen LogP contribution in [0.5, 0.6) is 0 Å². The van der Waals surface area contributed by atoms with E-state index in [1.807, 2.05) is 13.8 Å². The molecule has 154 valence electrons. The second-order valence-electron chi connectivity index (χ2n) is 6.87. The van der Waals surface area contributed by atoms with Gasteiger partial charge in [0.25, 0.3) is 0 Å². The number of aliphatic hydroxyl groups excluding tert-OH is 1. The first kappa shape index (κ1) is 22.1. The average molecular weight is 390 g/mol. The van der Waals surface area contributed by atoms with E-state index < -0.39 is 36.3 Å². The smallest absolute Gasteiger partial charge is 0.390 e. The van der Waals surface area contributed by atoms with E-state index in [1.165, 1.54) is 12.1 Å². The van der Waals surface area contributed by atoms with Crippen LogP contribution in [0.3, 0.4) is 0 Å². The van der Waals surface area contributed by atoms with Gasteiger partial charge in [-0.05, 0) is 24.5 Å². The van der Waals surface area contributed by atoms with E-state index in [4.69, 9.17) is 14.2 Å². The van der Waals surface area contributed by atoms with Crippen molar-refractivity contribution in [3.8, 4) is 0 Å². The van der Waals surface area contributed by atoms with E-state index in [-0.39, 0.29) is 18.8 Å². The van der Waals surface area contributed by atoms with Crippen molar-refractivity contribution in [2.75, 3.05) is 6.61 Å². The van der Waals surface area contributed by atoms with E-state index in [0.29, 0.717) is 12.8 Å². The van der Waals surface area contributed by atoms with Gasteiger partial charge in [-0.25, -0.2) is 0 Å². The third-order valence-electron chi connectivity index (χ3n) is 4.65. The van der Waals surface area contributed by atoms with Crippen LogP contribution in [0.4, 0.5) is 13.2 Å². The highest BCUT2D eigenvalue weighted by Crippen LogP contribution is 2.33. The van der Waals surface area contributed by atoms with Crippen LogP contribution in [0.15, 0.2) is 24.3 Å². The molecule has 7 heteroatoms. The van der Waals surface area contributed by atoms with E-state index in [0.717, 1.165) is 25.3 Å². The molecule has 1 N–H and O–H groups in total. The van der Waals surface area contributed by atoms with Gasteiger partial charge in [0.1, 0.15) is 12.2 Å². The Labute approximate surface area is 158 Å². The monoisotopic (exact) mass is 390 g/mol. The van der Waals surface area contributed by atoms with E-state index in [9.17, 15) is 18.3 Å². The van der Waals surface area contributed by atoms with Gasteiger partial charge in [0.05, 0.1) is 24.9 Å². The zero-order valence-corrected chi connectivity index (χ0v) is 15.9. The molecule has 1 unspecified atom stereocenters. The molecule has 1 aliphatic rings. The lowest BCUT2D eigenvalue weighted by atomic mass is 10.0. The van der Waals surface area contributed by atoms with Gasteiger partial charge >= 0.3 is 6.18 Å². The number of aliphatic hydroxyl groups is 1. The van der Waals surface area contributed by atoms with Crippen molar-refractivity contribution in [2.45, 2.75) is 83.3 Å². The lowest BCUT2D eigenvalue weighted by molar-refractivity contribution is -0.283. The molecule has 0 aliphatic carbocycles. The van der Waals surface area contributed by atoms with Gasteiger partial charge in [-0.3, -0.25) is 0 Å². The van der Waals surface area contributed by atoms with E-state index >= 15 is 0 Å². The highest BCUT2D eigenvalue weighted by atomic mass is 19.4. The van der Waals surface area contributed by atoms with Crippen LogP contribution < -0.4 is 0 Å². The Hall–Kier alpha value is -1.15. The molecule has 1 heterocycles. The number of ether oxygens (including phenoxy) is 3. The number of hydrogen-bond donors (Lipinski definition) is 1. The molecule has 1 aromatic carbocycles. The molecule has 1 fully saturated rings. The average Bonchev–Trinajstić information content (AvgIpc) is 2.64. The SMILES string of the molecule is CCCCC(O)[C@H]1O[C@@H](CCC)OC[C@H]1OCc1ccccc1C(F)(F)F. The Morgan fingerprint density at radius 2 is 1.96 bits per heavy atom. The molecule has 4 atom stereocenters. The van der Waals surface area contributed by atoms with Gasteiger partial charge in [0.15, 0.2) is 6.29 Å². The fraction of sp³-hybridized carbons (Fsp3) is 0.700. The van der Waals surface area contributed by atoms with Crippen LogP contribution in [0.25, 0.3) is 0 Å². The Balaban J connectivity index is 2.06. The second-order valence-corrected chi connectivity index (χ2v) is 6.87. The molecular formula is C20H29F3O4. The van der Waals surface area contributed by atoms with Crippen molar-refractivity contribution in [2.24, 2.45) is 0 Å². The first-order chi connectivity index (χ1) is 12.9. The summed E-state index contributed by atoms with van der Waals surface area (Å²) >= 11 is 0. The van der Waals surface area contributed by atoms with Crippen molar-refractivity contribution in [3.05, 3.63) is 35.4 Å². The minimum absolute atomic E-state index is 0.0579. The maximum absolute atomic E-state index is 13.1. The quantitative estimate of drug-likeness (QED) is 0.665. The highest BCUT2D eigenvalue weighted by Gasteiger charge is 2.38. The molecule has 0 bridgehead atoms. The van der Waals surface area contributed by atoms with Gasteiger partial charge < -0.3 is 19.3 Å². The summed E-state index contributed by atoms with van der Waals surface area (Å²) in [5.41, 5.74) is -0.655. The Morgan fingerprint density at radius 3 is 2.63 bits per heavy atom. The van der Waals surface area contributed by atoms with Crippen LogP contribution in [0, 0.1) is 0 Å². The predicted molar refractivity (Wildman–Crippen MR) is 95.1 cm³/mol. The minimum atomic E-state index is -4.44. The van der Waals surface area contributed by atoms with Crippen molar-refractivity contribution in [1.82, 2.24) is 0 Å². The van der Waals surface area contributed by atoms with Crippen molar-refractivity contribution >= 4 is 0 Å². The van der Waals surface area contributed by atoms with Crippen molar-refractivity contribution < 1.29 is 32.5 Å². The summed E-state index contributed by atoms with van der Waals surface area (Å²) in [4.78, 5) is 0. The first-order valence-electron chi connectivity index (χ1n) is 9.58. The van der Waals surface area contributed by atoms with Crippen molar-refractivity contribution in [3.63, 3.8) is 0 Å². The van der Waals surface area contributed by atoms with E-state index in [2.05, 4.69) is 0 Å². The number of halogens is 3. The summed E-state index contributed by atoms with van der Waals surface area (Å²) in [6, 6.07) is 5.34. The third kappa shape index (κ3) is 6.45. The van der Waals surface area contributed by atoms with Gasteiger partial charge in [-0.15, -0.1) is 0 Å². The summed E-state index contributed by atoms with van der Waals surface area (Å²) in [7, 11) is 0. The van der Waals surface area contributed by atoms with Gasteiger partial charge in [0, 0.05) is 0 Å². The van der Waals surface area contributed by atoms with Gasteiger partial charge in [-0.2, -0.15) is 13.2 Å². The fourth-order valence-corrected chi connectivity index (χ4v) is 3.16. The number of alkyl halides is 3. The number of benzene rings is 1. The minimum Gasteiger partial charge on any atom is -0.390 e. The number of rotatable bonds is 9. The molecule has 0 saturated carbocycles. The maximum Gasteiger partial charge on any atom is 0.416 e. The Kier molecular flexibility index (Phi) is 8.54. The van der Waals surface area contributed by atoms with Crippen LogP contribution in [-0.4, -0.2) is 36.3 Å². The molecule has 27 heavy (non-hydrogen) atoms. The molecule has 1 saturated heterocycles. The summed E-state index contributed by atoms with van der Waals surface area (Å²) in [5, 5.41) is 10.5. The van der Waals surface area contributed by atoms with Gasteiger partial charge in [-0.1, -0.05) is 51.3 Å². The molecular weight excluding hydrogens is 361 g/mol. The van der Waals surface area contributed by atoms with E-state index in [1.54, 1.807) is 6.07 Å². The van der Waals surface area contributed by atoms with Crippen molar-refractivity contribution in [1.29, 1.82) is 0 Å². The summed E-state index contributed by atoms with van der Waals surface area (Å²) in [6.07, 6.45) is -2.94. The lowest BCUT2D eigenvalue weighted by Gasteiger charge is -2.38. The second kappa shape index (κ2) is 10.4. The Bertz CT molecular complexity index is 564. The van der Waals surface area contributed by atoms with Crippen LogP contribution in [0.1, 0.15) is 57.1 Å². The summed E-state index contributed by atoms with van der Waals surface area (Å²) < 4.78 is 56.7.